The van der Waals surface area contributed by atoms with Crippen molar-refractivity contribution in [3.05, 3.63) is 35.6 Å². The van der Waals surface area contributed by atoms with Crippen molar-refractivity contribution in [2.24, 2.45) is 5.92 Å². The smallest absolute Gasteiger partial charge is 0.232 e. The second-order valence-corrected chi connectivity index (χ2v) is 6.28. The van der Waals surface area contributed by atoms with Crippen LogP contribution in [0.2, 0.25) is 0 Å². The molecule has 0 spiro atoms. The van der Waals surface area contributed by atoms with Crippen LogP contribution in [-0.4, -0.2) is 40.9 Å². The number of benzene rings is 1. The molecule has 2 unspecified atom stereocenters. The summed E-state index contributed by atoms with van der Waals surface area (Å²) in [7, 11) is 0. The molecule has 1 aromatic carbocycles. The van der Waals surface area contributed by atoms with Gasteiger partial charge in [0.2, 0.25) is 5.91 Å². The third-order valence-electron chi connectivity index (χ3n) is 3.68. The molecule has 1 saturated heterocycles. The summed E-state index contributed by atoms with van der Waals surface area (Å²) in [5, 5.41) is 9.79. The van der Waals surface area contributed by atoms with Gasteiger partial charge >= 0.3 is 0 Å². The fourth-order valence-electron chi connectivity index (χ4n) is 2.20. The maximum absolute atomic E-state index is 12.8. The number of amides is 1. The van der Waals surface area contributed by atoms with Crippen molar-refractivity contribution in [1.29, 1.82) is 0 Å². The van der Waals surface area contributed by atoms with Crippen LogP contribution in [0, 0.1) is 11.7 Å². The fraction of sp³-hybridized carbons (Fsp3) is 0.533. The van der Waals surface area contributed by atoms with Gasteiger partial charge in [-0.15, -0.1) is 11.8 Å². The van der Waals surface area contributed by atoms with E-state index in [1.54, 1.807) is 17.0 Å². The van der Waals surface area contributed by atoms with Gasteiger partial charge in [0, 0.05) is 18.8 Å². The van der Waals surface area contributed by atoms with Gasteiger partial charge in [-0.05, 0) is 30.0 Å². The average Bonchev–Trinajstić information content (AvgIpc) is 2.44. The summed E-state index contributed by atoms with van der Waals surface area (Å²) in [6.45, 7) is 3.18. The molecular weight excluding hydrogens is 277 g/mol. The topological polar surface area (TPSA) is 40.5 Å². The molecule has 0 aliphatic carbocycles. The summed E-state index contributed by atoms with van der Waals surface area (Å²) < 4.78 is 12.8. The van der Waals surface area contributed by atoms with Crippen molar-refractivity contribution < 1.29 is 14.3 Å². The summed E-state index contributed by atoms with van der Waals surface area (Å²) in [6, 6.07) is 6.33. The summed E-state index contributed by atoms with van der Waals surface area (Å²) >= 11 is 1.52. The molecule has 1 N–H and O–H groups in total. The van der Waals surface area contributed by atoms with Gasteiger partial charge in [0.25, 0.3) is 0 Å². The summed E-state index contributed by atoms with van der Waals surface area (Å²) in [5.74, 6) is 1.19. The molecule has 0 aromatic heterocycles. The molecule has 3 nitrogen and oxygen atoms in total. The van der Waals surface area contributed by atoms with Gasteiger partial charge in [0.1, 0.15) is 5.82 Å². The Kier molecular flexibility index (Phi) is 5.43. The molecule has 1 aliphatic rings. The van der Waals surface area contributed by atoms with E-state index in [1.807, 2.05) is 6.92 Å². The van der Waals surface area contributed by atoms with E-state index in [0.717, 1.165) is 18.5 Å². The first-order chi connectivity index (χ1) is 9.56. The minimum Gasteiger partial charge on any atom is -0.391 e. The van der Waals surface area contributed by atoms with Crippen LogP contribution in [0.3, 0.4) is 0 Å². The van der Waals surface area contributed by atoms with Gasteiger partial charge in [0.05, 0.1) is 11.9 Å². The zero-order valence-corrected chi connectivity index (χ0v) is 12.4. The summed E-state index contributed by atoms with van der Waals surface area (Å²) in [4.78, 5) is 13.8. The number of halogens is 1. The summed E-state index contributed by atoms with van der Waals surface area (Å²) in [6.07, 6.45) is 0.449. The molecule has 1 amide bonds. The quantitative estimate of drug-likeness (QED) is 0.927. The van der Waals surface area contributed by atoms with Crippen LogP contribution in [0.4, 0.5) is 4.39 Å². The van der Waals surface area contributed by atoms with Gasteiger partial charge < -0.3 is 10.0 Å². The number of thioether (sulfide) groups is 1. The Morgan fingerprint density at radius 1 is 1.45 bits per heavy atom. The van der Waals surface area contributed by atoms with Gasteiger partial charge in [-0.1, -0.05) is 19.1 Å². The Bertz CT molecular complexity index is 452. The van der Waals surface area contributed by atoms with Crippen molar-refractivity contribution >= 4 is 17.7 Å². The lowest BCUT2D eigenvalue weighted by Crippen LogP contribution is -2.46. The number of carbonyl (C=O) groups excluding carboxylic acids is 1. The number of β-amino-alcohol motifs (C(OH)–C–C–N with tert-alkyl or cyclic N) is 1. The molecular formula is C15H20FNO2S. The van der Waals surface area contributed by atoms with Crippen LogP contribution >= 0.6 is 11.8 Å². The lowest BCUT2D eigenvalue weighted by molar-refractivity contribution is -0.132. The van der Waals surface area contributed by atoms with E-state index >= 15 is 0 Å². The zero-order valence-electron chi connectivity index (χ0n) is 11.6. The monoisotopic (exact) mass is 297 g/mol. The lowest BCUT2D eigenvalue weighted by atomic mass is 9.96. The number of nitrogens with zero attached hydrogens (tertiary/aromatic N) is 1. The molecule has 1 aliphatic heterocycles. The van der Waals surface area contributed by atoms with E-state index in [4.69, 9.17) is 0 Å². The second kappa shape index (κ2) is 7.09. The largest absolute Gasteiger partial charge is 0.391 e. The van der Waals surface area contributed by atoms with E-state index in [0.29, 0.717) is 18.1 Å². The van der Waals surface area contributed by atoms with Crippen molar-refractivity contribution in [3.8, 4) is 0 Å². The Morgan fingerprint density at radius 3 is 2.80 bits per heavy atom. The highest BCUT2D eigenvalue weighted by Crippen LogP contribution is 2.19. The molecule has 1 fully saturated rings. The van der Waals surface area contributed by atoms with Gasteiger partial charge in [0.15, 0.2) is 0 Å². The fourth-order valence-corrected chi connectivity index (χ4v) is 3.09. The number of aliphatic hydroxyl groups excluding tert-OH is 1. The normalized spacial score (nSPS) is 22.9. The van der Waals surface area contributed by atoms with E-state index in [1.165, 1.54) is 23.9 Å². The highest BCUT2D eigenvalue weighted by atomic mass is 32.2. The van der Waals surface area contributed by atoms with E-state index in [2.05, 4.69) is 0 Å². The Morgan fingerprint density at radius 2 is 2.15 bits per heavy atom. The highest BCUT2D eigenvalue weighted by Gasteiger charge is 2.26. The predicted molar refractivity (Wildman–Crippen MR) is 78.9 cm³/mol. The minimum atomic E-state index is -0.408. The first kappa shape index (κ1) is 15.3. The van der Waals surface area contributed by atoms with Crippen LogP contribution in [0.1, 0.15) is 18.9 Å². The maximum atomic E-state index is 12.8. The zero-order chi connectivity index (χ0) is 14.5. The first-order valence-corrected chi connectivity index (χ1v) is 8.00. The number of piperidine rings is 1. The molecule has 2 atom stereocenters. The van der Waals surface area contributed by atoms with Crippen molar-refractivity contribution in [3.63, 3.8) is 0 Å². The molecule has 20 heavy (non-hydrogen) atoms. The molecule has 5 heteroatoms. The molecule has 0 bridgehead atoms. The van der Waals surface area contributed by atoms with Crippen LogP contribution in [0.5, 0.6) is 0 Å². The van der Waals surface area contributed by atoms with Crippen molar-refractivity contribution in [2.75, 3.05) is 18.8 Å². The molecule has 1 heterocycles. The first-order valence-electron chi connectivity index (χ1n) is 6.84. The van der Waals surface area contributed by atoms with Gasteiger partial charge in [-0.3, -0.25) is 4.79 Å². The number of likely N-dealkylation sites (tertiary alicyclic amines) is 1. The number of rotatable bonds is 4. The van der Waals surface area contributed by atoms with Crippen molar-refractivity contribution in [1.82, 2.24) is 4.90 Å². The lowest BCUT2D eigenvalue weighted by Gasteiger charge is -2.34. The second-order valence-electron chi connectivity index (χ2n) is 5.29. The minimum absolute atomic E-state index is 0.0723. The van der Waals surface area contributed by atoms with Crippen molar-refractivity contribution in [2.45, 2.75) is 25.2 Å². The number of carbonyl (C=O) groups is 1. The van der Waals surface area contributed by atoms with Crippen LogP contribution < -0.4 is 0 Å². The number of hydrogen-bond acceptors (Lipinski definition) is 3. The average molecular weight is 297 g/mol. The van der Waals surface area contributed by atoms with Crippen LogP contribution in [0.15, 0.2) is 24.3 Å². The molecule has 1 aromatic rings. The van der Waals surface area contributed by atoms with E-state index < -0.39 is 6.10 Å². The Hall–Kier alpha value is -1.07. The third-order valence-corrected chi connectivity index (χ3v) is 4.67. The number of aliphatic hydroxyl groups is 1. The Labute approximate surface area is 123 Å². The number of hydrogen-bond donors (Lipinski definition) is 1. The predicted octanol–water partition coefficient (Wildman–Crippen LogP) is 2.29. The molecule has 0 saturated carbocycles. The van der Waals surface area contributed by atoms with Gasteiger partial charge in [-0.2, -0.15) is 0 Å². The molecule has 2 rings (SSSR count). The maximum Gasteiger partial charge on any atom is 0.232 e. The van der Waals surface area contributed by atoms with Crippen LogP contribution in [-0.2, 0) is 10.5 Å². The van der Waals surface area contributed by atoms with E-state index in [9.17, 15) is 14.3 Å². The van der Waals surface area contributed by atoms with E-state index in [-0.39, 0.29) is 17.6 Å². The summed E-state index contributed by atoms with van der Waals surface area (Å²) in [5.41, 5.74) is 1.01. The molecule has 110 valence electrons. The van der Waals surface area contributed by atoms with Gasteiger partial charge in [-0.25, -0.2) is 4.39 Å². The van der Waals surface area contributed by atoms with Crippen LogP contribution in [0.25, 0.3) is 0 Å². The molecule has 0 radical (unpaired) electrons. The Balaban J connectivity index is 1.74. The highest BCUT2D eigenvalue weighted by molar-refractivity contribution is 7.99. The SMILES string of the molecule is CC1CCN(C(=O)CSCc2ccc(F)cc2)CC1O. The third kappa shape index (κ3) is 4.21. The standard InChI is InChI=1S/C15H20FNO2S/c1-11-6-7-17(8-14(11)18)15(19)10-20-9-12-2-4-13(16)5-3-12/h2-5,11,14,18H,6-10H2,1H3.